The first kappa shape index (κ1) is 20.2. The minimum Gasteiger partial charge on any atom is -0.451 e. The molecule has 29 heavy (non-hydrogen) atoms. The second-order valence-corrected chi connectivity index (χ2v) is 7.01. The molecule has 0 atom stereocenters. The van der Waals surface area contributed by atoms with Gasteiger partial charge in [0.05, 0.1) is 23.9 Å². The van der Waals surface area contributed by atoms with Gasteiger partial charge < -0.3 is 9.64 Å². The molecule has 3 rings (SSSR count). The topological polar surface area (TPSA) is 96.2 Å². The molecule has 0 aliphatic rings. The Morgan fingerprint density at radius 2 is 1.93 bits per heavy atom. The van der Waals surface area contributed by atoms with Crippen molar-refractivity contribution < 1.29 is 14.3 Å². The second kappa shape index (κ2) is 9.57. The summed E-state index contributed by atoms with van der Waals surface area (Å²) in [4.78, 5) is 35.5. The van der Waals surface area contributed by atoms with Crippen LogP contribution in [0.1, 0.15) is 21.8 Å². The average Bonchev–Trinajstić information content (AvgIpc) is 3.15. The monoisotopic (exact) mass is 406 g/mol. The summed E-state index contributed by atoms with van der Waals surface area (Å²) in [7, 11) is 0. The van der Waals surface area contributed by atoms with Gasteiger partial charge in [0.25, 0.3) is 5.91 Å². The van der Waals surface area contributed by atoms with Crippen LogP contribution in [-0.4, -0.2) is 35.0 Å². The van der Waals surface area contributed by atoms with Gasteiger partial charge in [0.2, 0.25) is 0 Å². The van der Waals surface area contributed by atoms with E-state index in [9.17, 15) is 9.59 Å². The van der Waals surface area contributed by atoms with Crippen molar-refractivity contribution in [3.63, 3.8) is 0 Å². The molecule has 0 spiro atoms. The fourth-order valence-electron chi connectivity index (χ4n) is 2.62. The molecule has 146 valence electrons. The Morgan fingerprint density at radius 3 is 2.62 bits per heavy atom. The third-order valence-corrected chi connectivity index (χ3v) is 5.17. The van der Waals surface area contributed by atoms with Crippen molar-refractivity contribution in [2.24, 2.45) is 0 Å². The van der Waals surface area contributed by atoms with Gasteiger partial charge in [-0.1, -0.05) is 24.3 Å². The number of hydrogen-bond donors (Lipinski definition) is 0. The van der Waals surface area contributed by atoms with Gasteiger partial charge in [0.1, 0.15) is 9.88 Å². The van der Waals surface area contributed by atoms with E-state index in [2.05, 4.69) is 9.97 Å². The summed E-state index contributed by atoms with van der Waals surface area (Å²) < 4.78 is 5.24. The highest BCUT2D eigenvalue weighted by Gasteiger charge is 2.21. The zero-order valence-electron chi connectivity index (χ0n) is 15.7. The molecule has 0 aliphatic carbocycles. The molecule has 0 saturated heterocycles. The number of nitriles is 1. The summed E-state index contributed by atoms with van der Waals surface area (Å²) in [6.45, 7) is 1.51. The molecule has 2 heterocycles. The minimum atomic E-state index is -0.608. The number of pyridine rings is 1. The molecule has 7 nitrogen and oxygen atoms in total. The molecule has 0 radical (unpaired) electrons. The van der Waals surface area contributed by atoms with Crippen LogP contribution < -0.4 is 4.90 Å². The predicted molar refractivity (Wildman–Crippen MR) is 109 cm³/mol. The Morgan fingerprint density at radius 1 is 1.17 bits per heavy atom. The van der Waals surface area contributed by atoms with Crippen LogP contribution in [0, 0.1) is 18.3 Å². The first-order chi connectivity index (χ1) is 14.1. The molecule has 0 aliphatic heterocycles. The largest absolute Gasteiger partial charge is 0.451 e. The van der Waals surface area contributed by atoms with Gasteiger partial charge in [-0.05, 0) is 31.2 Å². The fraction of sp³-hybridized carbons (Fsp3) is 0.190. The summed E-state index contributed by atoms with van der Waals surface area (Å²) in [6, 6.07) is 16.4. The van der Waals surface area contributed by atoms with E-state index in [0.717, 1.165) is 0 Å². The van der Waals surface area contributed by atoms with E-state index in [1.165, 1.54) is 16.2 Å². The van der Waals surface area contributed by atoms with E-state index in [1.807, 2.05) is 24.3 Å². The van der Waals surface area contributed by atoms with Crippen LogP contribution in [0.25, 0.3) is 10.7 Å². The molecule has 3 aromatic rings. The Bertz CT molecular complexity index is 1030. The predicted octanol–water partition coefficient (Wildman–Crippen LogP) is 3.62. The highest BCUT2D eigenvalue weighted by Crippen LogP contribution is 2.27. The maximum absolute atomic E-state index is 12.6. The molecule has 1 aromatic carbocycles. The van der Waals surface area contributed by atoms with Gasteiger partial charge in [-0.2, -0.15) is 5.26 Å². The lowest BCUT2D eigenvalue weighted by Crippen LogP contribution is -2.35. The Kier molecular flexibility index (Phi) is 6.66. The number of thiazole rings is 1. The zero-order valence-corrected chi connectivity index (χ0v) is 16.6. The molecular weight excluding hydrogens is 388 g/mol. The highest BCUT2D eigenvalue weighted by molar-refractivity contribution is 7.17. The van der Waals surface area contributed by atoms with Crippen LogP contribution in [-0.2, 0) is 9.53 Å². The van der Waals surface area contributed by atoms with E-state index >= 15 is 0 Å². The fourth-order valence-corrected chi connectivity index (χ4v) is 3.56. The number of esters is 1. The lowest BCUT2D eigenvalue weighted by atomic mass is 10.2. The Hall–Kier alpha value is -3.57. The number of nitrogens with zero attached hydrogens (tertiary/aromatic N) is 4. The summed E-state index contributed by atoms with van der Waals surface area (Å²) in [6.07, 6.45) is 1.83. The zero-order chi connectivity index (χ0) is 20.6. The molecular formula is C21H18N4O3S. The molecule has 1 amide bonds. The van der Waals surface area contributed by atoms with Crippen LogP contribution in [0.3, 0.4) is 0 Å². The van der Waals surface area contributed by atoms with Gasteiger partial charge >= 0.3 is 5.97 Å². The molecule has 0 unspecified atom stereocenters. The van der Waals surface area contributed by atoms with Crippen molar-refractivity contribution >= 4 is 28.9 Å². The van der Waals surface area contributed by atoms with Crippen LogP contribution in [0.15, 0.2) is 54.7 Å². The van der Waals surface area contributed by atoms with Crippen LogP contribution >= 0.6 is 11.3 Å². The summed E-state index contributed by atoms with van der Waals surface area (Å²) in [5.74, 6) is -1.00. The standard InChI is InChI=1S/C21H18N4O3S/c1-15-19(29-20(24-15)17-10-5-6-12-23-17)21(27)28-14-18(26)25(13-7-11-22)16-8-3-2-4-9-16/h2-6,8-10,12H,7,13-14H2,1H3. The Labute approximate surface area is 172 Å². The number of amides is 1. The maximum atomic E-state index is 12.6. The molecule has 0 bridgehead atoms. The number of ether oxygens (including phenoxy) is 1. The van der Waals surface area contributed by atoms with Crippen molar-refractivity contribution in [2.45, 2.75) is 13.3 Å². The lowest BCUT2D eigenvalue weighted by molar-refractivity contribution is -0.121. The summed E-state index contributed by atoms with van der Waals surface area (Å²) >= 11 is 1.17. The van der Waals surface area contributed by atoms with Gasteiger partial charge in [-0.15, -0.1) is 11.3 Å². The number of carbonyl (C=O) groups is 2. The minimum absolute atomic E-state index is 0.177. The van der Waals surface area contributed by atoms with Crippen molar-refractivity contribution in [1.29, 1.82) is 5.26 Å². The normalized spacial score (nSPS) is 10.2. The third kappa shape index (κ3) is 5.03. The Balaban J connectivity index is 1.68. The van der Waals surface area contributed by atoms with Gasteiger partial charge in [0.15, 0.2) is 6.61 Å². The highest BCUT2D eigenvalue weighted by atomic mass is 32.1. The number of hydrogen-bond acceptors (Lipinski definition) is 7. The van der Waals surface area contributed by atoms with E-state index in [0.29, 0.717) is 27.0 Å². The average molecular weight is 406 g/mol. The lowest BCUT2D eigenvalue weighted by Gasteiger charge is -2.21. The van der Waals surface area contributed by atoms with Gasteiger partial charge in [-0.3, -0.25) is 9.78 Å². The number of carbonyl (C=O) groups excluding carboxylic acids is 2. The van der Waals surface area contributed by atoms with Crippen molar-refractivity contribution in [3.8, 4) is 16.8 Å². The molecule has 8 heteroatoms. The quantitative estimate of drug-likeness (QED) is 0.556. The first-order valence-corrected chi connectivity index (χ1v) is 9.70. The van der Waals surface area contributed by atoms with E-state index < -0.39 is 18.5 Å². The number of para-hydroxylation sites is 1. The number of aromatic nitrogens is 2. The van der Waals surface area contributed by atoms with Gasteiger partial charge in [-0.25, -0.2) is 9.78 Å². The molecule has 0 fully saturated rings. The summed E-state index contributed by atoms with van der Waals surface area (Å²) in [5.41, 5.74) is 1.84. The van der Waals surface area contributed by atoms with Crippen LogP contribution in [0.2, 0.25) is 0 Å². The van der Waals surface area contributed by atoms with E-state index in [1.54, 1.807) is 43.5 Å². The van der Waals surface area contributed by atoms with Crippen molar-refractivity contribution in [3.05, 3.63) is 65.3 Å². The van der Waals surface area contributed by atoms with Crippen LogP contribution in [0.4, 0.5) is 5.69 Å². The first-order valence-electron chi connectivity index (χ1n) is 8.88. The van der Waals surface area contributed by atoms with Crippen LogP contribution in [0.5, 0.6) is 0 Å². The molecule has 0 saturated carbocycles. The van der Waals surface area contributed by atoms with Gasteiger partial charge in [0, 0.05) is 18.4 Å². The van der Waals surface area contributed by atoms with E-state index in [-0.39, 0.29) is 13.0 Å². The second-order valence-electron chi connectivity index (χ2n) is 6.01. The number of aryl methyl sites for hydroxylation is 1. The molecule has 0 N–H and O–H groups in total. The number of rotatable bonds is 7. The number of benzene rings is 1. The third-order valence-electron chi connectivity index (χ3n) is 4.01. The molecule has 2 aromatic heterocycles. The number of anilines is 1. The van der Waals surface area contributed by atoms with Crippen molar-refractivity contribution in [1.82, 2.24) is 9.97 Å². The van der Waals surface area contributed by atoms with Crippen molar-refractivity contribution in [2.75, 3.05) is 18.1 Å². The SMILES string of the molecule is Cc1nc(-c2ccccn2)sc1C(=O)OCC(=O)N(CCC#N)c1ccccc1. The smallest absolute Gasteiger partial charge is 0.350 e. The van der Waals surface area contributed by atoms with E-state index in [4.69, 9.17) is 10.00 Å². The maximum Gasteiger partial charge on any atom is 0.350 e. The summed E-state index contributed by atoms with van der Waals surface area (Å²) in [5, 5.41) is 9.47.